The van der Waals surface area contributed by atoms with Crippen molar-refractivity contribution in [2.24, 2.45) is 11.7 Å². The Bertz CT molecular complexity index is 566. The van der Waals surface area contributed by atoms with Gasteiger partial charge in [0.25, 0.3) is 0 Å². The van der Waals surface area contributed by atoms with Gasteiger partial charge in [-0.25, -0.2) is 0 Å². The lowest BCUT2D eigenvalue weighted by molar-refractivity contribution is -0.129. The largest absolute Gasteiger partial charge is 0.368 e. The molecule has 1 aromatic rings. The standard InChI is InChI=1S/C18H26N4O2/c1-13(2)11-15(17(20)23)22-18(24)16(21-10-6-9-19)12-14-7-4-3-5-8-14/h3-5,7-8,13,15-16,21H,6,10-12H2,1-2H3,(H2,20,23)(H,22,24)/t15-,16-/m0/s1. The number of nitriles is 1. The highest BCUT2D eigenvalue weighted by molar-refractivity contribution is 5.89. The van der Waals surface area contributed by atoms with Gasteiger partial charge in [0.1, 0.15) is 6.04 Å². The first-order chi connectivity index (χ1) is 11.4. The second kappa shape index (κ2) is 10.4. The van der Waals surface area contributed by atoms with Gasteiger partial charge in [-0.3, -0.25) is 9.59 Å². The topological polar surface area (TPSA) is 108 Å². The van der Waals surface area contributed by atoms with Gasteiger partial charge in [0.2, 0.25) is 11.8 Å². The molecule has 6 nitrogen and oxygen atoms in total. The first kappa shape index (κ1) is 19.7. The lowest BCUT2D eigenvalue weighted by Crippen LogP contribution is -2.53. The van der Waals surface area contributed by atoms with Gasteiger partial charge in [-0.05, 0) is 24.3 Å². The van der Waals surface area contributed by atoms with Gasteiger partial charge in [0.05, 0.1) is 12.1 Å². The third kappa shape index (κ3) is 7.25. The predicted octanol–water partition coefficient (Wildman–Crippen LogP) is 1.12. The molecule has 0 radical (unpaired) electrons. The third-order valence-corrected chi connectivity index (χ3v) is 3.59. The molecule has 0 aliphatic rings. The minimum absolute atomic E-state index is 0.238. The van der Waals surface area contributed by atoms with Crippen molar-refractivity contribution in [2.45, 2.75) is 45.2 Å². The average Bonchev–Trinajstić information content (AvgIpc) is 2.53. The van der Waals surface area contributed by atoms with Crippen LogP contribution in [0.4, 0.5) is 0 Å². The van der Waals surface area contributed by atoms with E-state index in [-0.39, 0.29) is 11.8 Å². The number of carbonyl (C=O) groups is 2. The fourth-order valence-electron chi connectivity index (χ4n) is 2.40. The van der Waals surface area contributed by atoms with Crippen molar-refractivity contribution in [2.75, 3.05) is 6.54 Å². The van der Waals surface area contributed by atoms with Gasteiger partial charge >= 0.3 is 0 Å². The van der Waals surface area contributed by atoms with Crippen LogP contribution in [-0.2, 0) is 16.0 Å². The summed E-state index contributed by atoms with van der Waals surface area (Å²) >= 11 is 0. The van der Waals surface area contributed by atoms with Crippen molar-refractivity contribution in [3.05, 3.63) is 35.9 Å². The van der Waals surface area contributed by atoms with E-state index in [1.807, 2.05) is 50.2 Å². The molecule has 0 unspecified atom stereocenters. The van der Waals surface area contributed by atoms with Crippen LogP contribution >= 0.6 is 0 Å². The van der Waals surface area contributed by atoms with Crippen molar-refractivity contribution < 1.29 is 9.59 Å². The van der Waals surface area contributed by atoms with Gasteiger partial charge in [0.15, 0.2) is 0 Å². The van der Waals surface area contributed by atoms with Crippen LogP contribution in [0.25, 0.3) is 0 Å². The zero-order valence-corrected chi connectivity index (χ0v) is 14.3. The molecule has 0 fully saturated rings. The smallest absolute Gasteiger partial charge is 0.240 e. The summed E-state index contributed by atoms with van der Waals surface area (Å²) in [6, 6.07) is 10.4. The van der Waals surface area contributed by atoms with E-state index in [4.69, 9.17) is 11.0 Å². The Labute approximate surface area is 143 Å². The molecule has 0 aliphatic heterocycles. The van der Waals surface area contributed by atoms with E-state index in [1.54, 1.807) is 0 Å². The second-order valence-corrected chi connectivity index (χ2v) is 6.20. The number of benzene rings is 1. The maximum Gasteiger partial charge on any atom is 0.240 e. The van der Waals surface area contributed by atoms with E-state index in [0.717, 1.165) is 5.56 Å². The molecule has 0 heterocycles. The molecular formula is C18H26N4O2. The number of primary amides is 1. The molecule has 1 rings (SSSR count). The number of hydrogen-bond donors (Lipinski definition) is 3. The molecule has 0 bridgehead atoms. The van der Waals surface area contributed by atoms with E-state index in [0.29, 0.717) is 25.8 Å². The Morgan fingerprint density at radius 2 is 1.88 bits per heavy atom. The van der Waals surface area contributed by atoms with Crippen molar-refractivity contribution in [1.82, 2.24) is 10.6 Å². The number of amides is 2. The molecule has 0 aromatic heterocycles. The van der Waals surface area contributed by atoms with Crippen molar-refractivity contribution >= 4 is 11.8 Å². The molecule has 130 valence electrons. The highest BCUT2D eigenvalue weighted by Gasteiger charge is 2.24. The zero-order chi connectivity index (χ0) is 17.9. The highest BCUT2D eigenvalue weighted by Crippen LogP contribution is 2.07. The van der Waals surface area contributed by atoms with E-state index in [9.17, 15) is 9.59 Å². The normalized spacial score (nSPS) is 13.1. The molecule has 6 heteroatoms. The highest BCUT2D eigenvalue weighted by atomic mass is 16.2. The molecule has 2 amide bonds. The monoisotopic (exact) mass is 330 g/mol. The summed E-state index contributed by atoms with van der Waals surface area (Å²) < 4.78 is 0. The molecule has 0 saturated carbocycles. The SMILES string of the molecule is CC(C)C[C@H](NC(=O)[C@H](Cc1ccccc1)NCCC#N)C(N)=O. The summed E-state index contributed by atoms with van der Waals surface area (Å²) in [5.41, 5.74) is 6.39. The minimum atomic E-state index is -0.687. The van der Waals surface area contributed by atoms with Crippen LogP contribution in [0.5, 0.6) is 0 Å². The van der Waals surface area contributed by atoms with Crippen LogP contribution in [0.1, 0.15) is 32.3 Å². The van der Waals surface area contributed by atoms with Crippen LogP contribution < -0.4 is 16.4 Å². The number of carbonyl (C=O) groups excluding carboxylic acids is 2. The van der Waals surface area contributed by atoms with E-state index in [2.05, 4.69) is 10.6 Å². The zero-order valence-electron chi connectivity index (χ0n) is 14.3. The summed E-state index contributed by atoms with van der Waals surface area (Å²) in [6.07, 6.45) is 1.28. The van der Waals surface area contributed by atoms with Gasteiger partial charge in [-0.2, -0.15) is 5.26 Å². The number of nitrogens with zero attached hydrogens (tertiary/aromatic N) is 1. The van der Waals surface area contributed by atoms with Gasteiger partial charge in [0, 0.05) is 13.0 Å². The summed E-state index contributed by atoms with van der Waals surface area (Å²) in [5, 5.41) is 14.5. The maximum absolute atomic E-state index is 12.6. The van der Waals surface area contributed by atoms with Gasteiger partial charge in [-0.1, -0.05) is 44.2 Å². The fourth-order valence-corrected chi connectivity index (χ4v) is 2.40. The lowest BCUT2D eigenvalue weighted by Gasteiger charge is -2.22. The molecule has 0 spiro atoms. The molecule has 2 atom stereocenters. The van der Waals surface area contributed by atoms with Crippen LogP contribution in [0.3, 0.4) is 0 Å². The second-order valence-electron chi connectivity index (χ2n) is 6.20. The quantitative estimate of drug-likeness (QED) is 0.559. The van der Waals surface area contributed by atoms with Crippen molar-refractivity contribution in [1.29, 1.82) is 5.26 Å². The first-order valence-corrected chi connectivity index (χ1v) is 8.18. The summed E-state index contributed by atoms with van der Waals surface area (Å²) in [7, 11) is 0. The van der Waals surface area contributed by atoms with E-state index in [1.165, 1.54) is 0 Å². The van der Waals surface area contributed by atoms with Crippen LogP contribution in [0.2, 0.25) is 0 Å². The van der Waals surface area contributed by atoms with Crippen LogP contribution in [0.15, 0.2) is 30.3 Å². The molecule has 1 aromatic carbocycles. The number of rotatable bonds is 10. The summed E-state index contributed by atoms with van der Waals surface area (Å²) in [5.74, 6) is -0.573. The molecule has 4 N–H and O–H groups in total. The third-order valence-electron chi connectivity index (χ3n) is 3.59. The van der Waals surface area contributed by atoms with Crippen molar-refractivity contribution in [3.8, 4) is 6.07 Å². The number of nitrogens with one attached hydrogen (secondary N) is 2. The Hall–Kier alpha value is -2.39. The molecular weight excluding hydrogens is 304 g/mol. The minimum Gasteiger partial charge on any atom is -0.368 e. The first-order valence-electron chi connectivity index (χ1n) is 8.18. The Morgan fingerprint density at radius 1 is 1.21 bits per heavy atom. The van der Waals surface area contributed by atoms with Crippen LogP contribution in [0, 0.1) is 17.2 Å². The van der Waals surface area contributed by atoms with Crippen molar-refractivity contribution in [3.63, 3.8) is 0 Å². The number of nitrogens with two attached hydrogens (primary N) is 1. The summed E-state index contributed by atoms with van der Waals surface area (Å²) in [4.78, 5) is 24.1. The number of hydrogen-bond acceptors (Lipinski definition) is 4. The molecule has 24 heavy (non-hydrogen) atoms. The van der Waals surface area contributed by atoms with Crippen LogP contribution in [-0.4, -0.2) is 30.4 Å². The lowest BCUT2D eigenvalue weighted by atomic mass is 10.0. The Morgan fingerprint density at radius 3 is 2.42 bits per heavy atom. The maximum atomic E-state index is 12.6. The Balaban J connectivity index is 2.77. The molecule has 0 saturated heterocycles. The molecule has 0 aliphatic carbocycles. The van der Waals surface area contributed by atoms with Gasteiger partial charge < -0.3 is 16.4 Å². The van der Waals surface area contributed by atoms with E-state index < -0.39 is 18.0 Å². The van der Waals surface area contributed by atoms with Gasteiger partial charge in [-0.15, -0.1) is 0 Å². The average molecular weight is 330 g/mol. The predicted molar refractivity (Wildman–Crippen MR) is 92.7 cm³/mol. The van der Waals surface area contributed by atoms with E-state index >= 15 is 0 Å². The fraction of sp³-hybridized carbons (Fsp3) is 0.500. The summed E-state index contributed by atoms with van der Waals surface area (Å²) in [6.45, 7) is 4.34. The Kier molecular flexibility index (Phi) is 8.52.